The fourth-order valence-corrected chi connectivity index (χ4v) is 2.32. The quantitative estimate of drug-likeness (QED) is 0.674. The van der Waals surface area contributed by atoms with Gasteiger partial charge >= 0.3 is 0 Å². The molecule has 0 atom stereocenters. The van der Waals surface area contributed by atoms with Crippen LogP contribution in [0.3, 0.4) is 0 Å². The Balaban J connectivity index is 2.34. The summed E-state index contributed by atoms with van der Waals surface area (Å²) in [6.07, 6.45) is 0.817. The first-order valence-electron chi connectivity index (χ1n) is 5.19. The van der Waals surface area contributed by atoms with Gasteiger partial charge in [-0.1, -0.05) is 23.2 Å². The lowest BCUT2D eigenvalue weighted by Crippen LogP contribution is -2.08. The van der Waals surface area contributed by atoms with Gasteiger partial charge in [0.2, 0.25) is 0 Å². The van der Waals surface area contributed by atoms with E-state index < -0.39 is 0 Å². The van der Waals surface area contributed by atoms with Gasteiger partial charge in [-0.05, 0) is 18.2 Å². The van der Waals surface area contributed by atoms with Crippen LogP contribution in [-0.4, -0.2) is 34.7 Å². The maximum atomic E-state index is 8.61. The summed E-state index contributed by atoms with van der Waals surface area (Å²) in [7, 11) is 0. The topological polar surface area (TPSA) is 71.2 Å². The number of anilines is 2. The molecule has 0 aliphatic carbocycles. The third-order valence-corrected chi connectivity index (χ3v) is 3.60. The third-order valence-electron chi connectivity index (χ3n) is 1.94. The molecule has 4 nitrogen and oxygen atoms in total. The molecule has 0 unspecified atom stereocenters. The molecule has 0 aliphatic rings. The predicted molar refractivity (Wildman–Crippen MR) is 76.2 cm³/mol. The van der Waals surface area contributed by atoms with E-state index in [1.807, 2.05) is 0 Å². The van der Waals surface area contributed by atoms with Crippen molar-refractivity contribution in [2.45, 2.75) is 6.42 Å². The zero-order valence-corrected chi connectivity index (χ0v) is 11.6. The number of hydrogen-bond acceptors (Lipinski definition) is 5. The van der Waals surface area contributed by atoms with E-state index in [4.69, 9.17) is 34.0 Å². The molecule has 17 heavy (non-hydrogen) atoms. The Morgan fingerprint density at radius 2 is 2.12 bits per heavy atom. The van der Waals surface area contributed by atoms with Crippen molar-refractivity contribution < 1.29 is 5.11 Å². The van der Waals surface area contributed by atoms with Crippen molar-refractivity contribution in [1.82, 2.24) is 4.98 Å². The molecule has 1 aromatic heterocycles. The largest absolute Gasteiger partial charge is 0.396 e. The fourth-order valence-electron chi connectivity index (χ4n) is 1.12. The molecule has 1 aromatic rings. The molecular weight excluding hydrogens is 281 g/mol. The number of hydrogen-bond donors (Lipinski definition) is 3. The molecule has 4 N–H and O–H groups in total. The molecule has 0 aromatic carbocycles. The van der Waals surface area contributed by atoms with Gasteiger partial charge in [-0.15, -0.1) is 0 Å². The molecule has 0 spiro atoms. The monoisotopic (exact) mass is 295 g/mol. The number of nitrogens with two attached hydrogens (primary N) is 1. The van der Waals surface area contributed by atoms with Gasteiger partial charge in [0.15, 0.2) is 0 Å². The summed E-state index contributed by atoms with van der Waals surface area (Å²) in [5.74, 6) is 2.69. The molecule has 0 radical (unpaired) electrons. The van der Waals surface area contributed by atoms with Gasteiger partial charge in [-0.25, -0.2) is 4.98 Å². The van der Waals surface area contributed by atoms with Crippen LogP contribution in [-0.2, 0) is 0 Å². The average molecular weight is 296 g/mol. The SMILES string of the molecule is Nc1nc(NCCSCCCO)c(Cl)cc1Cl. The summed E-state index contributed by atoms with van der Waals surface area (Å²) in [5, 5.41) is 12.5. The summed E-state index contributed by atoms with van der Waals surface area (Å²) in [6.45, 7) is 0.978. The number of thioether (sulfide) groups is 1. The van der Waals surface area contributed by atoms with Crippen LogP contribution in [0.25, 0.3) is 0 Å². The Labute approximate surface area is 115 Å². The molecule has 1 heterocycles. The maximum Gasteiger partial charge on any atom is 0.147 e. The van der Waals surface area contributed by atoms with Gasteiger partial charge in [0.25, 0.3) is 0 Å². The molecule has 0 saturated heterocycles. The van der Waals surface area contributed by atoms with E-state index in [2.05, 4.69) is 10.3 Å². The molecule has 0 aliphatic heterocycles. The van der Waals surface area contributed by atoms with E-state index >= 15 is 0 Å². The Bertz CT molecular complexity index is 366. The van der Waals surface area contributed by atoms with Crippen LogP contribution in [0.1, 0.15) is 6.42 Å². The normalized spacial score (nSPS) is 10.5. The fraction of sp³-hybridized carbons (Fsp3) is 0.500. The zero-order valence-electron chi connectivity index (χ0n) is 9.25. The number of rotatable bonds is 7. The number of pyridine rings is 1. The summed E-state index contributed by atoms with van der Waals surface area (Å²) in [6, 6.07) is 1.58. The highest BCUT2D eigenvalue weighted by Gasteiger charge is 2.06. The van der Waals surface area contributed by atoms with Gasteiger partial charge in [-0.2, -0.15) is 11.8 Å². The minimum atomic E-state index is 0.238. The lowest BCUT2D eigenvalue weighted by Gasteiger charge is -2.08. The van der Waals surface area contributed by atoms with Gasteiger partial charge in [0.05, 0.1) is 10.0 Å². The van der Waals surface area contributed by atoms with Crippen LogP contribution in [0.15, 0.2) is 6.07 Å². The first-order chi connectivity index (χ1) is 8.15. The van der Waals surface area contributed by atoms with E-state index in [-0.39, 0.29) is 12.4 Å². The number of aromatic nitrogens is 1. The summed E-state index contributed by atoms with van der Waals surface area (Å²) < 4.78 is 0. The summed E-state index contributed by atoms with van der Waals surface area (Å²) in [4.78, 5) is 4.06. The van der Waals surface area contributed by atoms with E-state index in [1.165, 1.54) is 0 Å². The van der Waals surface area contributed by atoms with Gasteiger partial charge in [-0.3, -0.25) is 0 Å². The van der Waals surface area contributed by atoms with Gasteiger partial charge in [0.1, 0.15) is 11.6 Å². The van der Waals surface area contributed by atoms with Gasteiger partial charge in [0, 0.05) is 18.9 Å². The van der Waals surface area contributed by atoms with E-state index in [0.29, 0.717) is 15.9 Å². The van der Waals surface area contributed by atoms with Crippen LogP contribution >= 0.6 is 35.0 Å². The molecule has 1 rings (SSSR count). The molecule has 7 heteroatoms. The second kappa shape index (κ2) is 7.87. The predicted octanol–water partition coefficient (Wildman–Crippen LogP) is 2.50. The molecule has 0 fully saturated rings. The standard InChI is InChI=1S/C10H15Cl2N3OS/c11-7-6-8(12)10(15-9(7)13)14-2-5-17-4-1-3-16/h6,16H,1-5H2,(H3,13,14,15). The van der Waals surface area contributed by atoms with Crippen molar-refractivity contribution >= 4 is 46.6 Å². The van der Waals surface area contributed by atoms with E-state index in [0.717, 1.165) is 24.5 Å². The second-order valence-electron chi connectivity index (χ2n) is 3.30. The van der Waals surface area contributed by atoms with Crippen LogP contribution in [0, 0.1) is 0 Å². The molecular formula is C10H15Cl2N3OS. The van der Waals surface area contributed by atoms with E-state index in [9.17, 15) is 0 Å². The first kappa shape index (κ1) is 14.7. The smallest absolute Gasteiger partial charge is 0.147 e. The van der Waals surface area contributed by atoms with Crippen molar-refractivity contribution in [1.29, 1.82) is 0 Å². The zero-order chi connectivity index (χ0) is 12.7. The van der Waals surface area contributed by atoms with Crippen LogP contribution < -0.4 is 11.1 Å². The summed E-state index contributed by atoms with van der Waals surface area (Å²) in [5.41, 5.74) is 5.58. The highest BCUT2D eigenvalue weighted by molar-refractivity contribution is 7.99. The molecule has 0 bridgehead atoms. The third kappa shape index (κ3) is 5.21. The highest BCUT2D eigenvalue weighted by atomic mass is 35.5. The van der Waals surface area contributed by atoms with Crippen molar-refractivity contribution in [3.63, 3.8) is 0 Å². The minimum Gasteiger partial charge on any atom is -0.396 e. The number of aliphatic hydroxyl groups is 1. The molecule has 96 valence electrons. The van der Waals surface area contributed by atoms with Crippen LogP contribution in [0.2, 0.25) is 10.0 Å². The van der Waals surface area contributed by atoms with Crippen molar-refractivity contribution in [2.24, 2.45) is 0 Å². The van der Waals surface area contributed by atoms with Gasteiger partial charge < -0.3 is 16.2 Å². The van der Waals surface area contributed by atoms with Crippen molar-refractivity contribution in [2.75, 3.05) is 35.7 Å². The van der Waals surface area contributed by atoms with Crippen molar-refractivity contribution in [3.8, 4) is 0 Å². The molecule has 0 saturated carbocycles. The van der Waals surface area contributed by atoms with Crippen molar-refractivity contribution in [3.05, 3.63) is 16.1 Å². The van der Waals surface area contributed by atoms with E-state index in [1.54, 1.807) is 17.8 Å². The number of nitrogens with one attached hydrogen (secondary N) is 1. The second-order valence-corrected chi connectivity index (χ2v) is 5.34. The number of halogens is 2. The Hall–Kier alpha value is -0.360. The minimum absolute atomic E-state index is 0.238. The number of nitrogen functional groups attached to an aromatic ring is 1. The number of nitrogens with zero attached hydrogens (tertiary/aromatic N) is 1. The Morgan fingerprint density at radius 3 is 2.82 bits per heavy atom. The average Bonchev–Trinajstić information content (AvgIpc) is 2.30. The number of aliphatic hydroxyl groups excluding tert-OH is 1. The van der Waals surface area contributed by atoms with Crippen LogP contribution in [0.4, 0.5) is 11.6 Å². The first-order valence-corrected chi connectivity index (χ1v) is 7.10. The maximum absolute atomic E-state index is 8.61. The highest BCUT2D eigenvalue weighted by Crippen LogP contribution is 2.27. The molecule has 0 amide bonds. The Morgan fingerprint density at radius 1 is 1.35 bits per heavy atom. The lowest BCUT2D eigenvalue weighted by atomic mass is 10.4. The summed E-state index contributed by atoms with van der Waals surface area (Å²) >= 11 is 13.5. The lowest BCUT2D eigenvalue weighted by molar-refractivity contribution is 0.296. The Kier molecular flexibility index (Phi) is 6.80. The van der Waals surface area contributed by atoms with Crippen LogP contribution in [0.5, 0.6) is 0 Å².